The minimum atomic E-state index is -4.94. The standard InChI is InChI=1S/C14H14F6N2O/c15-13(16,17)9-5-10(14(18,19)20)7-11(6-9)22-12(23)8-1-3-21-4-2-8/h5-8,21H,1-4H2,(H,22,23). The molecule has 0 spiro atoms. The second-order valence-electron chi connectivity index (χ2n) is 5.31. The fourth-order valence-corrected chi connectivity index (χ4v) is 2.36. The van der Waals surface area contributed by atoms with Crippen LogP contribution in [-0.4, -0.2) is 19.0 Å². The molecule has 1 aliphatic heterocycles. The van der Waals surface area contributed by atoms with Crippen LogP contribution in [0.2, 0.25) is 0 Å². The summed E-state index contributed by atoms with van der Waals surface area (Å²) in [5.41, 5.74) is -3.41. The van der Waals surface area contributed by atoms with Crippen molar-refractivity contribution in [2.75, 3.05) is 18.4 Å². The molecule has 0 radical (unpaired) electrons. The molecule has 1 aromatic rings. The van der Waals surface area contributed by atoms with Crippen LogP contribution in [-0.2, 0) is 17.1 Å². The van der Waals surface area contributed by atoms with E-state index in [1.807, 2.05) is 0 Å². The van der Waals surface area contributed by atoms with E-state index in [1.54, 1.807) is 0 Å². The van der Waals surface area contributed by atoms with Crippen molar-refractivity contribution in [1.82, 2.24) is 5.32 Å². The summed E-state index contributed by atoms with van der Waals surface area (Å²) in [6.45, 7) is 1.16. The third-order valence-electron chi connectivity index (χ3n) is 3.57. The second kappa shape index (κ2) is 6.38. The van der Waals surface area contributed by atoms with Gasteiger partial charge in [-0.05, 0) is 44.1 Å². The Balaban J connectivity index is 2.28. The molecular formula is C14H14F6N2O. The van der Waals surface area contributed by atoms with Gasteiger partial charge < -0.3 is 10.6 Å². The maximum absolute atomic E-state index is 12.7. The molecule has 0 bridgehead atoms. The van der Waals surface area contributed by atoms with E-state index < -0.39 is 41.0 Å². The summed E-state index contributed by atoms with van der Waals surface area (Å²) in [5, 5.41) is 5.18. The zero-order valence-electron chi connectivity index (χ0n) is 11.8. The Labute approximate surface area is 128 Å². The van der Waals surface area contributed by atoms with Crippen LogP contribution in [0, 0.1) is 5.92 Å². The van der Waals surface area contributed by atoms with Gasteiger partial charge in [-0.15, -0.1) is 0 Å². The lowest BCUT2D eigenvalue weighted by molar-refractivity contribution is -0.143. The molecule has 1 heterocycles. The van der Waals surface area contributed by atoms with Crippen LogP contribution in [0.15, 0.2) is 18.2 Å². The quantitative estimate of drug-likeness (QED) is 0.807. The number of carbonyl (C=O) groups excluding carboxylic acids is 1. The van der Waals surface area contributed by atoms with E-state index >= 15 is 0 Å². The fraction of sp³-hybridized carbons (Fsp3) is 0.500. The number of amides is 1. The van der Waals surface area contributed by atoms with E-state index in [9.17, 15) is 31.1 Å². The number of carbonyl (C=O) groups is 1. The van der Waals surface area contributed by atoms with Crippen molar-refractivity contribution in [2.24, 2.45) is 5.92 Å². The van der Waals surface area contributed by atoms with Crippen molar-refractivity contribution in [1.29, 1.82) is 0 Å². The Bertz CT molecular complexity index is 543. The number of piperidine rings is 1. The van der Waals surface area contributed by atoms with E-state index in [0.29, 0.717) is 38.1 Å². The van der Waals surface area contributed by atoms with E-state index in [2.05, 4.69) is 10.6 Å². The highest BCUT2D eigenvalue weighted by Crippen LogP contribution is 2.37. The molecule has 3 nitrogen and oxygen atoms in total. The van der Waals surface area contributed by atoms with Gasteiger partial charge in [0.05, 0.1) is 11.1 Å². The van der Waals surface area contributed by atoms with Crippen LogP contribution in [0.1, 0.15) is 24.0 Å². The molecule has 9 heteroatoms. The highest BCUT2D eigenvalue weighted by atomic mass is 19.4. The summed E-state index contributed by atoms with van der Waals surface area (Å²) in [6, 6.07) is 1.04. The number of rotatable bonds is 2. The first-order chi connectivity index (χ1) is 10.6. The fourth-order valence-electron chi connectivity index (χ4n) is 2.36. The molecule has 0 saturated carbocycles. The van der Waals surface area contributed by atoms with Crippen LogP contribution in [0.5, 0.6) is 0 Å². The molecule has 0 aromatic heterocycles. The van der Waals surface area contributed by atoms with Gasteiger partial charge in [0.25, 0.3) is 0 Å². The highest BCUT2D eigenvalue weighted by Gasteiger charge is 2.37. The first-order valence-corrected chi connectivity index (χ1v) is 6.88. The molecule has 128 valence electrons. The molecule has 2 N–H and O–H groups in total. The van der Waals surface area contributed by atoms with Gasteiger partial charge >= 0.3 is 12.4 Å². The van der Waals surface area contributed by atoms with Crippen molar-refractivity contribution in [3.8, 4) is 0 Å². The van der Waals surface area contributed by atoms with Crippen LogP contribution < -0.4 is 10.6 Å². The Morgan fingerprint density at radius 2 is 1.43 bits per heavy atom. The molecule has 23 heavy (non-hydrogen) atoms. The molecule has 1 fully saturated rings. The molecule has 0 atom stereocenters. The van der Waals surface area contributed by atoms with Crippen molar-refractivity contribution in [3.63, 3.8) is 0 Å². The van der Waals surface area contributed by atoms with E-state index in [4.69, 9.17) is 0 Å². The van der Waals surface area contributed by atoms with Crippen LogP contribution >= 0.6 is 0 Å². The Kier molecular flexibility index (Phi) is 4.88. The summed E-state index contributed by atoms with van der Waals surface area (Å²) in [5.74, 6) is -1.00. The summed E-state index contributed by atoms with van der Waals surface area (Å²) in [7, 11) is 0. The summed E-state index contributed by atoms with van der Waals surface area (Å²) >= 11 is 0. The first kappa shape index (κ1) is 17.6. The summed E-state index contributed by atoms with van der Waals surface area (Å²) in [6.07, 6.45) is -8.90. The van der Waals surface area contributed by atoms with Gasteiger partial charge in [0.2, 0.25) is 5.91 Å². The third kappa shape index (κ3) is 4.60. The van der Waals surface area contributed by atoms with E-state index in [0.717, 1.165) is 0 Å². The Hall–Kier alpha value is -1.77. The number of hydrogen-bond donors (Lipinski definition) is 2. The van der Waals surface area contributed by atoms with Gasteiger partial charge in [-0.25, -0.2) is 0 Å². The lowest BCUT2D eigenvalue weighted by Crippen LogP contribution is -2.34. The van der Waals surface area contributed by atoms with Gasteiger partial charge in [0, 0.05) is 11.6 Å². The summed E-state index contributed by atoms with van der Waals surface area (Å²) < 4.78 is 76.4. The second-order valence-corrected chi connectivity index (χ2v) is 5.31. The van der Waals surface area contributed by atoms with Crippen LogP contribution in [0.3, 0.4) is 0 Å². The largest absolute Gasteiger partial charge is 0.416 e. The zero-order chi connectivity index (χ0) is 17.3. The monoisotopic (exact) mass is 340 g/mol. The van der Waals surface area contributed by atoms with Crippen LogP contribution in [0.4, 0.5) is 32.0 Å². The lowest BCUT2D eigenvalue weighted by Gasteiger charge is -2.22. The predicted octanol–water partition coefficient (Wildman–Crippen LogP) is 3.66. The molecule has 1 saturated heterocycles. The zero-order valence-corrected chi connectivity index (χ0v) is 11.8. The molecule has 1 amide bonds. The molecular weight excluding hydrogens is 326 g/mol. The Morgan fingerprint density at radius 3 is 1.87 bits per heavy atom. The smallest absolute Gasteiger partial charge is 0.326 e. The minimum Gasteiger partial charge on any atom is -0.326 e. The molecule has 1 aliphatic rings. The minimum absolute atomic E-state index is 0.0280. The molecule has 1 aromatic carbocycles. The van der Waals surface area contributed by atoms with Gasteiger partial charge in [0.15, 0.2) is 0 Å². The first-order valence-electron chi connectivity index (χ1n) is 6.88. The number of halogens is 6. The van der Waals surface area contributed by atoms with E-state index in [1.165, 1.54) is 0 Å². The number of hydrogen-bond acceptors (Lipinski definition) is 2. The normalized spacial score (nSPS) is 17.1. The average molecular weight is 340 g/mol. The molecule has 0 aliphatic carbocycles. The van der Waals surface area contributed by atoms with Crippen molar-refractivity contribution < 1.29 is 31.1 Å². The van der Waals surface area contributed by atoms with Crippen molar-refractivity contribution in [3.05, 3.63) is 29.3 Å². The number of alkyl halides is 6. The van der Waals surface area contributed by atoms with Crippen molar-refractivity contribution >= 4 is 11.6 Å². The summed E-state index contributed by atoms with van der Waals surface area (Å²) in [4.78, 5) is 12.0. The SMILES string of the molecule is O=C(Nc1cc(C(F)(F)F)cc(C(F)(F)F)c1)C1CCNCC1. The lowest BCUT2D eigenvalue weighted by atomic mass is 9.97. The molecule has 2 rings (SSSR count). The third-order valence-corrected chi connectivity index (χ3v) is 3.57. The number of anilines is 1. The maximum atomic E-state index is 12.7. The van der Waals surface area contributed by atoms with Gasteiger partial charge in [-0.1, -0.05) is 0 Å². The molecule has 0 unspecified atom stereocenters. The number of nitrogens with one attached hydrogen (secondary N) is 2. The average Bonchev–Trinajstić information content (AvgIpc) is 2.46. The van der Waals surface area contributed by atoms with Gasteiger partial charge in [0.1, 0.15) is 0 Å². The number of benzene rings is 1. The van der Waals surface area contributed by atoms with Crippen molar-refractivity contribution in [2.45, 2.75) is 25.2 Å². The topological polar surface area (TPSA) is 41.1 Å². The van der Waals surface area contributed by atoms with E-state index in [-0.39, 0.29) is 6.07 Å². The van der Waals surface area contributed by atoms with Gasteiger partial charge in [-0.3, -0.25) is 4.79 Å². The highest BCUT2D eigenvalue weighted by molar-refractivity contribution is 5.92. The van der Waals surface area contributed by atoms with Crippen LogP contribution in [0.25, 0.3) is 0 Å². The Morgan fingerprint density at radius 1 is 0.957 bits per heavy atom. The predicted molar refractivity (Wildman–Crippen MR) is 70.7 cm³/mol. The maximum Gasteiger partial charge on any atom is 0.416 e. The van der Waals surface area contributed by atoms with Gasteiger partial charge in [-0.2, -0.15) is 26.3 Å².